The number of esters is 1. The van der Waals surface area contributed by atoms with Gasteiger partial charge in [0.15, 0.2) is 0 Å². The lowest BCUT2D eigenvalue weighted by Crippen LogP contribution is -2.08. The first-order chi connectivity index (χ1) is 8.27. The Hall–Kier alpha value is -1.26. The summed E-state index contributed by atoms with van der Waals surface area (Å²) in [5.41, 5.74) is 0.516. The van der Waals surface area contributed by atoms with Gasteiger partial charge in [0.1, 0.15) is 0 Å². The first-order valence-electron chi connectivity index (χ1n) is 5.25. The van der Waals surface area contributed by atoms with E-state index in [1.165, 1.54) is 4.88 Å². The highest BCUT2D eigenvalue weighted by molar-refractivity contribution is 7.80. The van der Waals surface area contributed by atoms with Crippen molar-refractivity contribution in [1.29, 1.82) is 0 Å². The third-order valence-corrected chi connectivity index (χ3v) is 3.61. The lowest BCUT2D eigenvalue weighted by Gasteiger charge is -2.05. The molecular weight excluding hydrogens is 252 g/mol. The lowest BCUT2D eigenvalue weighted by atomic mass is 10.2. The SMILES string of the molecule is O=C(OCCc1cccs1)c1ccccc1S. The van der Waals surface area contributed by atoms with Crippen LogP contribution in [0.25, 0.3) is 0 Å². The highest BCUT2D eigenvalue weighted by Gasteiger charge is 2.09. The average Bonchev–Trinajstić information content (AvgIpc) is 2.82. The van der Waals surface area contributed by atoms with Gasteiger partial charge in [0.2, 0.25) is 0 Å². The van der Waals surface area contributed by atoms with Crippen LogP contribution in [0.3, 0.4) is 0 Å². The van der Waals surface area contributed by atoms with Gasteiger partial charge >= 0.3 is 5.97 Å². The van der Waals surface area contributed by atoms with Crippen molar-refractivity contribution >= 4 is 29.9 Å². The predicted molar refractivity (Wildman–Crippen MR) is 72.0 cm³/mol. The van der Waals surface area contributed by atoms with Crippen molar-refractivity contribution in [3.8, 4) is 0 Å². The Balaban J connectivity index is 1.88. The molecule has 0 bridgehead atoms. The first-order valence-corrected chi connectivity index (χ1v) is 6.57. The van der Waals surface area contributed by atoms with Gasteiger partial charge in [-0.2, -0.15) is 0 Å². The smallest absolute Gasteiger partial charge is 0.339 e. The van der Waals surface area contributed by atoms with E-state index in [4.69, 9.17) is 4.74 Å². The molecule has 1 aromatic heterocycles. The zero-order valence-electron chi connectivity index (χ0n) is 9.13. The molecule has 88 valence electrons. The van der Waals surface area contributed by atoms with Crippen molar-refractivity contribution in [2.75, 3.05) is 6.61 Å². The largest absolute Gasteiger partial charge is 0.462 e. The Labute approximate surface area is 110 Å². The fourth-order valence-corrected chi connectivity index (χ4v) is 2.37. The quantitative estimate of drug-likeness (QED) is 0.676. The topological polar surface area (TPSA) is 26.3 Å². The van der Waals surface area contributed by atoms with Crippen molar-refractivity contribution < 1.29 is 9.53 Å². The summed E-state index contributed by atoms with van der Waals surface area (Å²) in [5.74, 6) is -0.313. The van der Waals surface area contributed by atoms with Crippen LogP contribution >= 0.6 is 24.0 Å². The molecule has 1 heterocycles. The number of hydrogen-bond donors (Lipinski definition) is 1. The third kappa shape index (κ3) is 3.35. The Morgan fingerprint density at radius 3 is 2.76 bits per heavy atom. The third-order valence-electron chi connectivity index (χ3n) is 2.29. The molecule has 0 saturated carbocycles. The van der Waals surface area contributed by atoms with E-state index < -0.39 is 0 Å². The molecule has 0 N–H and O–H groups in total. The molecule has 2 rings (SSSR count). The second kappa shape index (κ2) is 5.89. The number of carbonyl (C=O) groups excluding carboxylic acids is 1. The summed E-state index contributed by atoms with van der Waals surface area (Å²) in [6, 6.07) is 11.2. The molecule has 0 aliphatic heterocycles. The number of rotatable bonds is 4. The monoisotopic (exact) mass is 264 g/mol. The van der Waals surface area contributed by atoms with Crippen LogP contribution in [-0.4, -0.2) is 12.6 Å². The van der Waals surface area contributed by atoms with E-state index in [2.05, 4.69) is 12.6 Å². The molecule has 0 amide bonds. The van der Waals surface area contributed by atoms with Crippen molar-refractivity contribution in [3.05, 3.63) is 52.2 Å². The lowest BCUT2D eigenvalue weighted by molar-refractivity contribution is 0.0506. The maximum atomic E-state index is 11.7. The normalized spacial score (nSPS) is 10.2. The molecule has 17 heavy (non-hydrogen) atoms. The van der Waals surface area contributed by atoms with Crippen LogP contribution in [0, 0.1) is 0 Å². The molecular formula is C13H12O2S2. The molecule has 0 aliphatic rings. The average molecular weight is 264 g/mol. The Bertz CT molecular complexity index is 492. The molecule has 0 fully saturated rings. The minimum absolute atomic E-state index is 0.313. The zero-order chi connectivity index (χ0) is 12.1. The summed E-state index contributed by atoms with van der Waals surface area (Å²) < 4.78 is 5.20. The van der Waals surface area contributed by atoms with Gasteiger partial charge in [-0.1, -0.05) is 18.2 Å². The fourth-order valence-electron chi connectivity index (χ4n) is 1.42. The van der Waals surface area contributed by atoms with Crippen LogP contribution in [0.5, 0.6) is 0 Å². The fraction of sp³-hybridized carbons (Fsp3) is 0.154. The highest BCUT2D eigenvalue weighted by atomic mass is 32.1. The molecule has 0 atom stereocenters. The molecule has 0 saturated heterocycles. The van der Waals surface area contributed by atoms with E-state index in [-0.39, 0.29) is 5.97 Å². The molecule has 2 aromatic rings. The predicted octanol–water partition coefficient (Wildman–Crippen LogP) is 3.44. The van der Waals surface area contributed by atoms with Crippen LogP contribution in [0.1, 0.15) is 15.2 Å². The minimum Gasteiger partial charge on any atom is -0.462 e. The van der Waals surface area contributed by atoms with Crippen molar-refractivity contribution in [2.24, 2.45) is 0 Å². The summed E-state index contributed by atoms with van der Waals surface area (Å²) in [6.45, 7) is 0.404. The van der Waals surface area contributed by atoms with Gasteiger partial charge in [-0.3, -0.25) is 0 Å². The van der Waals surface area contributed by atoms with Crippen LogP contribution in [0.2, 0.25) is 0 Å². The van der Waals surface area contributed by atoms with E-state index in [0.29, 0.717) is 17.1 Å². The molecule has 1 aromatic carbocycles. The highest BCUT2D eigenvalue weighted by Crippen LogP contribution is 2.14. The Morgan fingerprint density at radius 2 is 2.06 bits per heavy atom. The summed E-state index contributed by atoms with van der Waals surface area (Å²) >= 11 is 5.89. The minimum atomic E-state index is -0.313. The first kappa shape index (κ1) is 12.2. The van der Waals surface area contributed by atoms with E-state index in [9.17, 15) is 4.79 Å². The standard InChI is InChI=1S/C13H12O2S2/c14-13(11-5-1-2-6-12(11)16)15-8-7-10-4-3-9-17-10/h1-6,9,16H,7-8H2. The summed E-state index contributed by atoms with van der Waals surface area (Å²) in [5, 5.41) is 2.01. The summed E-state index contributed by atoms with van der Waals surface area (Å²) in [6.07, 6.45) is 0.762. The van der Waals surface area contributed by atoms with Gasteiger partial charge in [0, 0.05) is 16.2 Å². The van der Waals surface area contributed by atoms with Gasteiger partial charge in [-0.15, -0.1) is 24.0 Å². The molecule has 0 radical (unpaired) electrons. The summed E-state index contributed by atoms with van der Waals surface area (Å²) in [4.78, 5) is 13.6. The number of ether oxygens (including phenoxy) is 1. The van der Waals surface area contributed by atoms with Gasteiger partial charge < -0.3 is 4.74 Å². The molecule has 4 heteroatoms. The second-order valence-corrected chi connectivity index (χ2v) is 5.00. The van der Waals surface area contributed by atoms with E-state index in [0.717, 1.165) is 6.42 Å². The van der Waals surface area contributed by atoms with Gasteiger partial charge in [-0.25, -0.2) is 4.79 Å². The van der Waals surface area contributed by atoms with Crippen LogP contribution in [0.15, 0.2) is 46.7 Å². The number of thiophene rings is 1. The number of benzene rings is 1. The Morgan fingerprint density at radius 1 is 1.24 bits per heavy atom. The molecule has 2 nitrogen and oxygen atoms in total. The van der Waals surface area contributed by atoms with Gasteiger partial charge in [0.25, 0.3) is 0 Å². The number of thiol groups is 1. The van der Waals surface area contributed by atoms with Crippen molar-refractivity contribution in [3.63, 3.8) is 0 Å². The second-order valence-electron chi connectivity index (χ2n) is 3.48. The number of hydrogen-bond acceptors (Lipinski definition) is 4. The zero-order valence-corrected chi connectivity index (χ0v) is 10.8. The maximum Gasteiger partial charge on any atom is 0.339 e. The maximum absolute atomic E-state index is 11.7. The molecule has 0 spiro atoms. The van der Waals surface area contributed by atoms with Crippen LogP contribution in [0.4, 0.5) is 0 Å². The van der Waals surface area contributed by atoms with Crippen LogP contribution < -0.4 is 0 Å². The molecule has 0 aliphatic carbocycles. The van der Waals surface area contributed by atoms with Crippen molar-refractivity contribution in [2.45, 2.75) is 11.3 Å². The van der Waals surface area contributed by atoms with Gasteiger partial charge in [-0.05, 0) is 23.6 Å². The number of carbonyl (C=O) groups is 1. The van der Waals surface area contributed by atoms with Crippen molar-refractivity contribution in [1.82, 2.24) is 0 Å². The molecule has 0 unspecified atom stereocenters. The van der Waals surface area contributed by atoms with E-state index in [1.54, 1.807) is 29.5 Å². The van der Waals surface area contributed by atoms with Crippen LogP contribution in [-0.2, 0) is 11.2 Å². The van der Waals surface area contributed by atoms with Gasteiger partial charge in [0.05, 0.1) is 12.2 Å². The van der Waals surface area contributed by atoms with E-state index in [1.807, 2.05) is 23.6 Å². The summed E-state index contributed by atoms with van der Waals surface area (Å²) in [7, 11) is 0. The Kier molecular flexibility index (Phi) is 4.23. The van der Waals surface area contributed by atoms with E-state index >= 15 is 0 Å².